The molecule has 6 aromatic rings. The Bertz CT molecular complexity index is 1690. The third-order valence-electron chi connectivity index (χ3n) is 6.14. The molecule has 0 aliphatic rings. The normalized spacial score (nSPS) is 10.2. The number of nitrogens with two attached hydrogens (primary N) is 4. The number of anilines is 4. The molecule has 0 heterocycles. The predicted molar refractivity (Wildman–Crippen MR) is 177 cm³/mol. The second-order valence-electron chi connectivity index (χ2n) is 9.55. The Labute approximate surface area is 256 Å². The first kappa shape index (κ1) is 29.2. The highest BCUT2D eigenvalue weighted by atomic mass is 16.5. The van der Waals surface area contributed by atoms with Crippen molar-refractivity contribution >= 4 is 22.7 Å². The van der Waals surface area contributed by atoms with Crippen LogP contribution in [0.15, 0.2) is 146 Å². The average molecular weight is 585 g/mol. The lowest BCUT2D eigenvalue weighted by molar-refractivity contribution is 0.421. The van der Waals surface area contributed by atoms with Gasteiger partial charge >= 0.3 is 0 Å². The summed E-state index contributed by atoms with van der Waals surface area (Å²) in [7, 11) is 0. The standard InChI is InChI=1S/2C18H16N2O2/c19-13-7-1-3-9-15(13)21-17-11-5-6-12-18(17)22-16-10-4-2-8-14(16)20;19-13-3-1-5-17(11-13)21-15-7-9-16(10-8-15)22-18-6-2-4-14(20)12-18/h2*1-12H,19-20H2. The molecule has 220 valence electrons. The Morgan fingerprint density at radius 3 is 1.02 bits per heavy atom. The fourth-order valence-electron chi connectivity index (χ4n) is 4.01. The van der Waals surface area contributed by atoms with Crippen LogP contribution in [0.1, 0.15) is 0 Å². The second kappa shape index (κ2) is 14.1. The van der Waals surface area contributed by atoms with Crippen LogP contribution in [-0.2, 0) is 0 Å². The number of para-hydroxylation sites is 6. The van der Waals surface area contributed by atoms with E-state index in [-0.39, 0.29) is 0 Å². The predicted octanol–water partition coefficient (Wildman–Crippen LogP) is 8.87. The minimum atomic E-state index is 0.566. The van der Waals surface area contributed by atoms with Crippen LogP contribution in [0.25, 0.3) is 0 Å². The molecule has 0 spiro atoms. The van der Waals surface area contributed by atoms with Crippen LogP contribution in [0.5, 0.6) is 46.0 Å². The van der Waals surface area contributed by atoms with Gasteiger partial charge in [0.15, 0.2) is 23.0 Å². The maximum absolute atomic E-state index is 5.91. The van der Waals surface area contributed by atoms with Crippen molar-refractivity contribution in [2.45, 2.75) is 0 Å². The largest absolute Gasteiger partial charge is 0.457 e. The van der Waals surface area contributed by atoms with Gasteiger partial charge in [-0.15, -0.1) is 0 Å². The third-order valence-corrected chi connectivity index (χ3v) is 6.14. The van der Waals surface area contributed by atoms with Gasteiger partial charge in [0.25, 0.3) is 0 Å². The Morgan fingerprint density at radius 2 is 0.659 bits per heavy atom. The highest BCUT2D eigenvalue weighted by Gasteiger charge is 2.10. The summed E-state index contributed by atoms with van der Waals surface area (Å²) in [6, 6.07) is 44.0. The van der Waals surface area contributed by atoms with Crippen LogP contribution in [0, 0.1) is 0 Å². The molecule has 0 aliphatic carbocycles. The molecule has 0 fully saturated rings. The quantitative estimate of drug-likeness (QED) is 0.130. The van der Waals surface area contributed by atoms with Gasteiger partial charge in [-0.25, -0.2) is 0 Å². The molecule has 6 aromatic carbocycles. The molecule has 0 aliphatic heterocycles. The van der Waals surface area contributed by atoms with Gasteiger partial charge in [0.1, 0.15) is 23.0 Å². The summed E-state index contributed by atoms with van der Waals surface area (Å²) in [4.78, 5) is 0. The number of ether oxygens (including phenoxy) is 4. The van der Waals surface area contributed by atoms with E-state index in [4.69, 9.17) is 41.9 Å². The van der Waals surface area contributed by atoms with Crippen molar-refractivity contribution in [3.05, 3.63) is 146 Å². The SMILES string of the molecule is Nc1cccc(Oc2ccc(Oc3cccc(N)c3)cc2)c1.Nc1ccccc1Oc1ccccc1Oc1ccccc1N. The molecule has 44 heavy (non-hydrogen) atoms. The molecule has 0 saturated carbocycles. The molecule has 0 radical (unpaired) electrons. The van der Waals surface area contributed by atoms with Crippen LogP contribution in [0.3, 0.4) is 0 Å². The van der Waals surface area contributed by atoms with E-state index >= 15 is 0 Å². The molecule has 0 unspecified atom stereocenters. The first-order valence-corrected chi connectivity index (χ1v) is 13.7. The maximum Gasteiger partial charge on any atom is 0.170 e. The van der Waals surface area contributed by atoms with Crippen molar-refractivity contribution < 1.29 is 18.9 Å². The van der Waals surface area contributed by atoms with Gasteiger partial charge in [-0.3, -0.25) is 0 Å². The zero-order chi connectivity index (χ0) is 30.7. The first-order valence-electron chi connectivity index (χ1n) is 13.7. The van der Waals surface area contributed by atoms with E-state index in [0.29, 0.717) is 68.7 Å². The van der Waals surface area contributed by atoms with Crippen molar-refractivity contribution in [1.82, 2.24) is 0 Å². The Kier molecular flexibility index (Phi) is 9.34. The maximum atomic E-state index is 5.91. The Morgan fingerprint density at radius 1 is 0.295 bits per heavy atom. The number of nitrogen functional groups attached to an aromatic ring is 4. The summed E-state index contributed by atoms with van der Waals surface area (Å²) in [5, 5.41) is 0. The summed E-state index contributed by atoms with van der Waals surface area (Å²) in [5.74, 6) is 5.14. The molecule has 0 bridgehead atoms. The van der Waals surface area contributed by atoms with Crippen molar-refractivity contribution in [2.24, 2.45) is 0 Å². The van der Waals surface area contributed by atoms with E-state index in [0.717, 1.165) is 0 Å². The van der Waals surface area contributed by atoms with Crippen molar-refractivity contribution in [1.29, 1.82) is 0 Å². The molecular weight excluding hydrogens is 552 g/mol. The minimum Gasteiger partial charge on any atom is -0.457 e. The van der Waals surface area contributed by atoms with E-state index in [9.17, 15) is 0 Å². The molecule has 8 N–H and O–H groups in total. The van der Waals surface area contributed by atoms with E-state index in [1.165, 1.54) is 0 Å². The summed E-state index contributed by atoms with van der Waals surface area (Å²) in [6.45, 7) is 0. The topological polar surface area (TPSA) is 141 Å². The summed E-state index contributed by atoms with van der Waals surface area (Å²) >= 11 is 0. The zero-order valence-corrected chi connectivity index (χ0v) is 23.8. The van der Waals surface area contributed by atoms with Gasteiger partial charge in [-0.1, -0.05) is 48.5 Å². The van der Waals surface area contributed by atoms with Crippen LogP contribution in [-0.4, -0.2) is 0 Å². The van der Waals surface area contributed by atoms with E-state index < -0.39 is 0 Å². The number of hydrogen-bond donors (Lipinski definition) is 4. The smallest absolute Gasteiger partial charge is 0.170 e. The summed E-state index contributed by atoms with van der Waals surface area (Å²) < 4.78 is 23.2. The van der Waals surface area contributed by atoms with Gasteiger partial charge < -0.3 is 41.9 Å². The second-order valence-corrected chi connectivity index (χ2v) is 9.55. The Hall–Kier alpha value is -6.28. The zero-order valence-electron chi connectivity index (χ0n) is 23.8. The van der Waals surface area contributed by atoms with E-state index in [2.05, 4.69) is 0 Å². The third kappa shape index (κ3) is 8.14. The number of benzene rings is 6. The van der Waals surface area contributed by atoms with Crippen LogP contribution >= 0.6 is 0 Å². The van der Waals surface area contributed by atoms with Gasteiger partial charge in [0.2, 0.25) is 0 Å². The fraction of sp³-hybridized carbons (Fsp3) is 0. The lowest BCUT2D eigenvalue weighted by Crippen LogP contribution is -1.95. The minimum absolute atomic E-state index is 0.566. The Balaban J connectivity index is 0.000000175. The monoisotopic (exact) mass is 584 g/mol. The molecular formula is C36H32N4O4. The van der Waals surface area contributed by atoms with Crippen LogP contribution in [0.4, 0.5) is 22.7 Å². The van der Waals surface area contributed by atoms with Gasteiger partial charge in [-0.05, 0) is 84.9 Å². The van der Waals surface area contributed by atoms with Crippen LogP contribution < -0.4 is 41.9 Å². The lowest BCUT2D eigenvalue weighted by atomic mass is 10.2. The van der Waals surface area contributed by atoms with Crippen LogP contribution in [0.2, 0.25) is 0 Å². The van der Waals surface area contributed by atoms with Crippen molar-refractivity contribution in [3.63, 3.8) is 0 Å². The van der Waals surface area contributed by atoms with Crippen molar-refractivity contribution in [2.75, 3.05) is 22.9 Å². The lowest BCUT2D eigenvalue weighted by Gasteiger charge is -2.14. The molecule has 8 heteroatoms. The molecule has 0 saturated heterocycles. The summed E-state index contributed by atoms with van der Waals surface area (Å²) in [6.07, 6.45) is 0. The first-order chi connectivity index (χ1) is 21.4. The molecule has 0 aromatic heterocycles. The molecule has 0 atom stereocenters. The fourth-order valence-corrected chi connectivity index (χ4v) is 4.01. The van der Waals surface area contributed by atoms with E-state index in [1.54, 1.807) is 24.3 Å². The number of hydrogen-bond acceptors (Lipinski definition) is 8. The van der Waals surface area contributed by atoms with Crippen molar-refractivity contribution in [3.8, 4) is 46.0 Å². The van der Waals surface area contributed by atoms with Gasteiger partial charge in [0, 0.05) is 23.5 Å². The average Bonchev–Trinajstić information content (AvgIpc) is 3.02. The molecule has 0 amide bonds. The van der Waals surface area contributed by atoms with Gasteiger partial charge in [0.05, 0.1) is 11.4 Å². The summed E-state index contributed by atoms with van der Waals surface area (Å²) in [5.41, 5.74) is 25.7. The van der Waals surface area contributed by atoms with Gasteiger partial charge in [-0.2, -0.15) is 0 Å². The highest BCUT2D eigenvalue weighted by molar-refractivity contribution is 5.58. The van der Waals surface area contributed by atoms with E-state index in [1.807, 2.05) is 121 Å². The number of rotatable bonds is 8. The molecule has 6 rings (SSSR count). The highest BCUT2D eigenvalue weighted by Crippen LogP contribution is 2.37. The molecule has 8 nitrogen and oxygen atoms in total.